The van der Waals surface area contributed by atoms with E-state index >= 15 is 0 Å². The molecule has 1 aliphatic rings. The number of carboxylic acid groups (broad SMARTS) is 1. The lowest BCUT2D eigenvalue weighted by Crippen LogP contribution is -2.53. The number of nitrogens with one attached hydrogen (secondary N) is 1. The maximum Gasteiger partial charge on any atom is 0.318 e. The average molecular weight is 271 g/mol. The van der Waals surface area contributed by atoms with Crippen LogP contribution in [-0.4, -0.2) is 47.0 Å². The van der Waals surface area contributed by atoms with E-state index in [0.29, 0.717) is 32.4 Å². The van der Waals surface area contributed by atoms with Crippen molar-refractivity contribution in [2.45, 2.75) is 39.2 Å². The van der Waals surface area contributed by atoms with E-state index in [2.05, 4.69) is 0 Å². The molecule has 0 spiro atoms. The molecule has 19 heavy (non-hydrogen) atoms. The summed E-state index contributed by atoms with van der Waals surface area (Å²) in [6.07, 6.45) is 1.60. The lowest BCUT2D eigenvalue weighted by molar-refractivity contribution is -0.152. The van der Waals surface area contributed by atoms with Crippen LogP contribution in [0.3, 0.4) is 0 Å². The van der Waals surface area contributed by atoms with Crippen molar-refractivity contribution in [1.29, 1.82) is 0 Å². The maximum absolute atomic E-state index is 11.6. The second-order valence-electron chi connectivity index (χ2n) is 5.00. The Kier molecular flexibility index (Phi) is 4.88. The minimum absolute atomic E-state index is 0.452. The topological polar surface area (TPSA) is 113 Å². The maximum atomic E-state index is 11.6. The number of nitrogens with zero attached hydrogens (tertiary/aromatic N) is 1. The van der Waals surface area contributed by atoms with Crippen molar-refractivity contribution in [2.24, 2.45) is 11.1 Å². The quantitative estimate of drug-likeness (QED) is 0.673. The molecule has 0 saturated carbocycles. The molecule has 1 fully saturated rings. The Labute approximate surface area is 112 Å². The van der Waals surface area contributed by atoms with Crippen LogP contribution in [0.2, 0.25) is 0 Å². The first-order chi connectivity index (χ1) is 8.82. The predicted molar refractivity (Wildman–Crippen MR) is 68.4 cm³/mol. The molecule has 0 aromatic carbocycles. The van der Waals surface area contributed by atoms with Crippen LogP contribution in [0.1, 0.15) is 33.1 Å². The van der Waals surface area contributed by atoms with Crippen LogP contribution >= 0.6 is 0 Å². The van der Waals surface area contributed by atoms with Gasteiger partial charge in [-0.2, -0.15) is 0 Å². The molecule has 108 valence electrons. The largest absolute Gasteiger partial charge is 0.481 e. The molecule has 0 aromatic rings. The normalized spacial score (nSPS) is 20.5. The van der Waals surface area contributed by atoms with Gasteiger partial charge in [0.15, 0.2) is 0 Å². The summed E-state index contributed by atoms with van der Waals surface area (Å²) in [7, 11) is 0. The zero-order chi connectivity index (χ0) is 14.6. The molecule has 0 aromatic heterocycles. The van der Waals surface area contributed by atoms with Crippen molar-refractivity contribution in [3.63, 3.8) is 0 Å². The molecule has 1 unspecified atom stereocenters. The highest BCUT2D eigenvalue weighted by Gasteiger charge is 2.41. The molecule has 1 heterocycles. The molecule has 0 bridgehead atoms. The molecule has 0 aliphatic carbocycles. The summed E-state index contributed by atoms with van der Waals surface area (Å²) in [5.41, 5.74) is 4.21. The van der Waals surface area contributed by atoms with E-state index in [9.17, 15) is 19.5 Å². The summed E-state index contributed by atoms with van der Waals surface area (Å²) >= 11 is 0. The van der Waals surface area contributed by atoms with Crippen LogP contribution in [-0.2, 0) is 9.59 Å². The van der Waals surface area contributed by atoms with Gasteiger partial charge in [-0.05, 0) is 26.2 Å². The number of amides is 3. The molecule has 7 nitrogen and oxygen atoms in total. The van der Waals surface area contributed by atoms with Crippen molar-refractivity contribution in [2.75, 3.05) is 13.1 Å². The summed E-state index contributed by atoms with van der Waals surface area (Å²) in [6.45, 7) is 4.59. The van der Waals surface area contributed by atoms with Gasteiger partial charge in [0, 0.05) is 13.1 Å². The first-order valence-corrected chi connectivity index (χ1v) is 6.40. The Morgan fingerprint density at radius 1 is 1.37 bits per heavy atom. The SMILES string of the molecule is CCC1(C(=O)O)CCN(C(C)C(=O)NC(N)=O)CC1. The number of primary amides is 1. The predicted octanol–water partition coefficient (Wildman–Crippen LogP) is 0.147. The van der Waals surface area contributed by atoms with Gasteiger partial charge in [-0.1, -0.05) is 6.92 Å². The second-order valence-corrected chi connectivity index (χ2v) is 5.00. The van der Waals surface area contributed by atoms with Gasteiger partial charge in [-0.25, -0.2) is 4.79 Å². The number of urea groups is 1. The van der Waals surface area contributed by atoms with Gasteiger partial charge in [0.1, 0.15) is 0 Å². The summed E-state index contributed by atoms with van der Waals surface area (Å²) in [5.74, 6) is -1.23. The van der Waals surface area contributed by atoms with E-state index in [1.165, 1.54) is 0 Å². The first kappa shape index (κ1) is 15.4. The average Bonchev–Trinajstić information content (AvgIpc) is 2.37. The van der Waals surface area contributed by atoms with Crippen LogP contribution in [0.4, 0.5) is 4.79 Å². The Morgan fingerprint density at radius 2 is 1.89 bits per heavy atom. The zero-order valence-corrected chi connectivity index (χ0v) is 11.3. The Bertz CT molecular complexity index is 375. The number of imide groups is 1. The molecule has 1 atom stereocenters. The van der Waals surface area contributed by atoms with Crippen LogP contribution in [0, 0.1) is 5.41 Å². The van der Waals surface area contributed by atoms with Crippen molar-refractivity contribution in [3.05, 3.63) is 0 Å². The fraction of sp³-hybridized carbons (Fsp3) is 0.750. The number of hydrogen-bond acceptors (Lipinski definition) is 4. The third kappa shape index (κ3) is 3.44. The van der Waals surface area contributed by atoms with E-state index < -0.39 is 29.4 Å². The highest BCUT2D eigenvalue weighted by atomic mass is 16.4. The third-order valence-corrected chi connectivity index (χ3v) is 4.06. The number of aliphatic carboxylic acids is 1. The van der Waals surface area contributed by atoms with Crippen molar-refractivity contribution in [1.82, 2.24) is 10.2 Å². The molecule has 7 heteroatoms. The minimum Gasteiger partial charge on any atom is -0.481 e. The molecule has 1 rings (SSSR count). The van der Waals surface area contributed by atoms with Crippen LogP contribution in [0.25, 0.3) is 0 Å². The van der Waals surface area contributed by atoms with Crippen molar-refractivity contribution in [3.8, 4) is 0 Å². The molecule has 1 aliphatic heterocycles. The monoisotopic (exact) mass is 271 g/mol. The summed E-state index contributed by atoms with van der Waals surface area (Å²) in [4.78, 5) is 35.5. The number of carbonyl (C=O) groups is 3. The van der Waals surface area contributed by atoms with Gasteiger partial charge in [0.25, 0.3) is 0 Å². The minimum atomic E-state index is -0.873. The van der Waals surface area contributed by atoms with Gasteiger partial charge in [-0.15, -0.1) is 0 Å². The number of likely N-dealkylation sites (tertiary alicyclic amines) is 1. The lowest BCUT2D eigenvalue weighted by Gasteiger charge is -2.40. The highest BCUT2D eigenvalue weighted by molar-refractivity contribution is 5.96. The number of nitrogens with two attached hydrogens (primary N) is 1. The lowest BCUT2D eigenvalue weighted by atomic mass is 9.76. The number of piperidine rings is 1. The Hall–Kier alpha value is -1.63. The molecule has 1 saturated heterocycles. The van der Waals surface area contributed by atoms with E-state index in [4.69, 9.17) is 5.73 Å². The smallest absolute Gasteiger partial charge is 0.318 e. The van der Waals surface area contributed by atoms with Gasteiger partial charge >= 0.3 is 12.0 Å². The second kappa shape index (κ2) is 6.01. The van der Waals surface area contributed by atoms with Gasteiger partial charge in [-0.3, -0.25) is 19.8 Å². The molecule has 3 amide bonds. The van der Waals surface area contributed by atoms with E-state index in [0.717, 1.165) is 0 Å². The number of rotatable bonds is 4. The first-order valence-electron chi connectivity index (χ1n) is 6.40. The zero-order valence-electron chi connectivity index (χ0n) is 11.3. The van der Waals surface area contributed by atoms with E-state index in [1.807, 2.05) is 17.1 Å². The van der Waals surface area contributed by atoms with Crippen molar-refractivity contribution < 1.29 is 19.5 Å². The van der Waals surface area contributed by atoms with E-state index in [-0.39, 0.29) is 0 Å². The van der Waals surface area contributed by atoms with Crippen LogP contribution in [0.5, 0.6) is 0 Å². The molecule has 4 N–H and O–H groups in total. The molecular formula is C12H21N3O4. The number of hydrogen-bond donors (Lipinski definition) is 3. The van der Waals surface area contributed by atoms with Crippen molar-refractivity contribution >= 4 is 17.9 Å². The summed E-state index contributed by atoms with van der Waals surface area (Å²) < 4.78 is 0. The van der Waals surface area contributed by atoms with Gasteiger partial charge < -0.3 is 10.8 Å². The summed E-state index contributed by atoms with van der Waals surface area (Å²) in [5, 5.41) is 11.3. The van der Waals surface area contributed by atoms with E-state index in [1.54, 1.807) is 6.92 Å². The third-order valence-electron chi connectivity index (χ3n) is 4.06. The highest BCUT2D eigenvalue weighted by Crippen LogP contribution is 2.35. The van der Waals surface area contributed by atoms with Crippen LogP contribution in [0.15, 0.2) is 0 Å². The Balaban J connectivity index is 2.60. The number of carboxylic acids is 1. The Morgan fingerprint density at radius 3 is 2.26 bits per heavy atom. The summed E-state index contributed by atoms with van der Waals surface area (Å²) in [6, 6.07) is -1.36. The molecule has 0 radical (unpaired) electrons. The number of carbonyl (C=O) groups excluding carboxylic acids is 2. The molecular weight excluding hydrogens is 250 g/mol. The standard InChI is InChI=1S/C12H21N3O4/c1-3-12(10(17)18)4-6-15(7-5-12)8(2)9(16)14-11(13)19/h8H,3-7H2,1-2H3,(H,17,18)(H3,13,14,16,19). The fourth-order valence-electron chi connectivity index (χ4n) is 2.45. The van der Waals surface area contributed by atoms with Crippen LogP contribution < -0.4 is 11.1 Å². The van der Waals surface area contributed by atoms with Gasteiger partial charge in [0.05, 0.1) is 11.5 Å². The fourth-order valence-corrected chi connectivity index (χ4v) is 2.45. The van der Waals surface area contributed by atoms with Gasteiger partial charge in [0.2, 0.25) is 5.91 Å².